The van der Waals surface area contributed by atoms with Crippen LogP contribution in [-0.4, -0.2) is 33.9 Å². The highest BCUT2D eigenvalue weighted by molar-refractivity contribution is 5.79. The summed E-state index contributed by atoms with van der Waals surface area (Å²) >= 11 is 0. The van der Waals surface area contributed by atoms with E-state index in [1.54, 1.807) is 12.4 Å². The molecule has 4 aromatic rings. The van der Waals surface area contributed by atoms with Crippen LogP contribution in [-0.2, 0) is 11.3 Å². The molecule has 2 aromatic carbocycles. The Bertz CT molecular complexity index is 1270. The second-order valence-electron chi connectivity index (χ2n) is 8.80. The van der Waals surface area contributed by atoms with Crippen LogP contribution in [0.2, 0.25) is 0 Å². The van der Waals surface area contributed by atoms with E-state index >= 15 is 0 Å². The Labute approximate surface area is 204 Å². The number of aromatic nitrogens is 3. The van der Waals surface area contributed by atoms with Crippen LogP contribution in [0.4, 0.5) is 17.5 Å². The summed E-state index contributed by atoms with van der Waals surface area (Å²) in [5.74, 6) is 2.03. The lowest BCUT2D eigenvalue weighted by molar-refractivity contribution is -0.125. The van der Waals surface area contributed by atoms with Gasteiger partial charge in [0.25, 0.3) is 0 Å². The first-order valence-electron chi connectivity index (χ1n) is 11.8. The van der Waals surface area contributed by atoms with Gasteiger partial charge in [-0.25, -0.2) is 9.97 Å². The minimum atomic E-state index is -0.0702. The Morgan fingerprint density at radius 1 is 1.17 bits per heavy atom. The lowest BCUT2D eigenvalue weighted by atomic mass is 9.97. The number of oxazole rings is 1. The molecule has 0 saturated carbocycles. The molecule has 2 N–H and O–H groups in total. The van der Waals surface area contributed by atoms with Crippen molar-refractivity contribution >= 4 is 23.4 Å². The fourth-order valence-electron chi connectivity index (χ4n) is 4.26. The fourth-order valence-corrected chi connectivity index (χ4v) is 4.26. The highest BCUT2D eigenvalue weighted by Gasteiger charge is 2.26. The van der Waals surface area contributed by atoms with Crippen LogP contribution in [0.15, 0.2) is 77.8 Å². The van der Waals surface area contributed by atoms with Crippen molar-refractivity contribution in [3.8, 4) is 11.3 Å². The van der Waals surface area contributed by atoms with Crippen molar-refractivity contribution in [2.24, 2.45) is 5.92 Å². The molecule has 8 nitrogen and oxygen atoms in total. The maximum atomic E-state index is 12.9. The number of hydrogen-bond donors (Lipinski definition) is 2. The van der Waals surface area contributed by atoms with E-state index in [1.165, 1.54) is 12.0 Å². The summed E-state index contributed by atoms with van der Waals surface area (Å²) in [5.41, 5.74) is 4.09. The first-order valence-corrected chi connectivity index (χ1v) is 11.8. The fraction of sp³-hybridized carbons (Fsp3) is 0.259. The van der Waals surface area contributed by atoms with Crippen molar-refractivity contribution in [2.45, 2.75) is 26.3 Å². The van der Waals surface area contributed by atoms with Crippen molar-refractivity contribution in [3.05, 3.63) is 84.5 Å². The van der Waals surface area contributed by atoms with Gasteiger partial charge in [-0.2, -0.15) is 4.98 Å². The summed E-state index contributed by atoms with van der Waals surface area (Å²) in [6.45, 7) is 4.10. The van der Waals surface area contributed by atoms with E-state index in [2.05, 4.69) is 56.7 Å². The second kappa shape index (κ2) is 10.4. The number of benzene rings is 2. The van der Waals surface area contributed by atoms with Crippen LogP contribution in [0.3, 0.4) is 0 Å². The van der Waals surface area contributed by atoms with Crippen LogP contribution in [0.5, 0.6) is 0 Å². The number of nitrogens with one attached hydrogen (secondary N) is 2. The van der Waals surface area contributed by atoms with Gasteiger partial charge in [0.15, 0.2) is 12.2 Å². The van der Waals surface area contributed by atoms with Crippen LogP contribution >= 0.6 is 0 Å². The molecule has 1 aliphatic rings. The predicted octanol–water partition coefficient (Wildman–Crippen LogP) is 4.72. The smallest absolute Gasteiger partial charge is 0.229 e. The Morgan fingerprint density at radius 3 is 2.89 bits per heavy atom. The lowest BCUT2D eigenvalue weighted by Gasteiger charge is -2.33. The molecule has 3 heterocycles. The number of amides is 1. The monoisotopic (exact) mass is 468 g/mol. The van der Waals surface area contributed by atoms with Crippen LogP contribution in [0.25, 0.3) is 11.3 Å². The van der Waals surface area contributed by atoms with Crippen molar-refractivity contribution in [1.29, 1.82) is 0 Å². The summed E-state index contributed by atoms with van der Waals surface area (Å²) in [6.07, 6.45) is 6.65. The summed E-state index contributed by atoms with van der Waals surface area (Å²) in [7, 11) is 0. The molecule has 0 spiro atoms. The zero-order valence-electron chi connectivity index (χ0n) is 19.6. The summed E-state index contributed by atoms with van der Waals surface area (Å²) in [5, 5.41) is 6.37. The summed E-state index contributed by atoms with van der Waals surface area (Å²) in [6, 6.07) is 17.9. The molecule has 35 heavy (non-hydrogen) atoms. The molecule has 0 unspecified atom stereocenters. The van der Waals surface area contributed by atoms with Gasteiger partial charge in [-0.1, -0.05) is 42.0 Å². The Hall–Kier alpha value is -4.20. The maximum absolute atomic E-state index is 12.9. The van der Waals surface area contributed by atoms with Crippen LogP contribution in [0.1, 0.15) is 24.0 Å². The number of rotatable bonds is 7. The minimum absolute atomic E-state index is 0.0702. The molecule has 5 rings (SSSR count). The maximum Gasteiger partial charge on any atom is 0.229 e. The number of aryl methyl sites for hydroxylation is 1. The number of piperidine rings is 1. The lowest BCUT2D eigenvalue weighted by Crippen LogP contribution is -2.43. The quantitative estimate of drug-likeness (QED) is 0.405. The van der Waals surface area contributed by atoms with E-state index in [-0.39, 0.29) is 11.8 Å². The average molecular weight is 469 g/mol. The predicted molar refractivity (Wildman–Crippen MR) is 135 cm³/mol. The molecule has 1 fully saturated rings. The van der Waals surface area contributed by atoms with E-state index in [4.69, 9.17) is 9.40 Å². The third kappa shape index (κ3) is 5.66. The molecule has 1 atom stereocenters. The Kier molecular flexibility index (Phi) is 6.70. The number of hydrogen-bond acceptors (Lipinski definition) is 7. The number of carbonyl (C=O) groups excluding carboxylic acids is 1. The van der Waals surface area contributed by atoms with E-state index in [0.29, 0.717) is 24.8 Å². The first kappa shape index (κ1) is 22.6. The summed E-state index contributed by atoms with van der Waals surface area (Å²) < 4.78 is 5.39. The zero-order valence-corrected chi connectivity index (χ0v) is 19.6. The number of carbonyl (C=O) groups is 1. The Balaban J connectivity index is 1.22. The highest BCUT2D eigenvalue weighted by Crippen LogP contribution is 2.25. The number of anilines is 3. The third-order valence-corrected chi connectivity index (χ3v) is 6.18. The molecule has 2 aromatic heterocycles. The molecule has 0 bridgehead atoms. The van der Waals surface area contributed by atoms with Gasteiger partial charge in [0.1, 0.15) is 5.82 Å². The molecular weight excluding hydrogens is 440 g/mol. The van der Waals surface area contributed by atoms with Gasteiger partial charge in [-0.15, -0.1) is 0 Å². The van der Waals surface area contributed by atoms with Gasteiger partial charge in [-0.3, -0.25) is 4.79 Å². The van der Waals surface area contributed by atoms with Crippen LogP contribution < -0.4 is 15.5 Å². The molecular formula is C27H28N6O2. The Morgan fingerprint density at radius 2 is 2.06 bits per heavy atom. The molecule has 1 amide bonds. The van der Waals surface area contributed by atoms with Crippen molar-refractivity contribution in [1.82, 2.24) is 20.3 Å². The first-order chi connectivity index (χ1) is 17.1. The molecule has 1 saturated heterocycles. The number of nitrogens with zero attached hydrogens (tertiary/aromatic N) is 4. The topological polar surface area (TPSA) is 96.2 Å². The molecule has 178 valence electrons. The molecule has 8 heteroatoms. The average Bonchev–Trinajstić information content (AvgIpc) is 3.44. The second-order valence-corrected chi connectivity index (χ2v) is 8.80. The van der Waals surface area contributed by atoms with Crippen molar-refractivity contribution in [2.75, 3.05) is 23.3 Å². The van der Waals surface area contributed by atoms with E-state index in [0.717, 1.165) is 42.0 Å². The van der Waals surface area contributed by atoms with E-state index < -0.39 is 0 Å². The SMILES string of the molecule is Cc1ccc(CNC(=O)[C@H]2CCCN(c3ccnc(Nc4cccc(-c5cnco5)c4)n3)C2)cc1. The molecule has 0 radical (unpaired) electrons. The highest BCUT2D eigenvalue weighted by atomic mass is 16.3. The van der Waals surface area contributed by atoms with Crippen LogP contribution in [0, 0.1) is 12.8 Å². The molecule has 0 aliphatic carbocycles. The van der Waals surface area contributed by atoms with E-state index in [1.807, 2.05) is 30.3 Å². The van der Waals surface area contributed by atoms with Gasteiger partial charge in [0.2, 0.25) is 11.9 Å². The van der Waals surface area contributed by atoms with Gasteiger partial charge in [-0.05, 0) is 43.5 Å². The molecule has 1 aliphatic heterocycles. The van der Waals surface area contributed by atoms with Gasteiger partial charge in [0.05, 0.1) is 12.1 Å². The largest absolute Gasteiger partial charge is 0.444 e. The van der Waals surface area contributed by atoms with E-state index in [9.17, 15) is 4.79 Å². The van der Waals surface area contributed by atoms with Gasteiger partial charge < -0.3 is 20.0 Å². The minimum Gasteiger partial charge on any atom is -0.444 e. The zero-order chi connectivity index (χ0) is 24.0. The normalized spacial score (nSPS) is 15.6. The van der Waals surface area contributed by atoms with Gasteiger partial charge in [0, 0.05) is 37.1 Å². The van der Waals surface area contributed by atoms with Crippen molar-refractivity contribution in [3.63, 3.8) is 0 Å². The standard InChI is InChI=1S/C27H28N6O2/c1-19-7-9-20(10-8-19)15-30-26(34)22-5-3-13-33(17-22)25-11-12-29-27(32-25)31-23-6-2-4-21(14-23)24-16-28-18-35-24/h2,4,6-12,14,16,18,22H,3,5,13,15,17H2,1H3,(H,30,34)(H,29,31,32)/t22-/m0/s1. The van der Waals surface area contributed by atoms with Crippen molar-refractivity contribution < 1.29 is 9.21 Å². The third-order valence-electron chi connectivity index (χ3n) is 6.18. The van der Waals surface area contributed by atoms with Gasteiger partial charge >= 0.3 is 0 Å². The summed E-state index contributed by atoms with van der Waals surface area (Å²) in [4.78, 5) is 28.1.